The molecule has 3 nitrogen and oxygen atoms in total. The Balaban J connectivity index is 1.71. The fourth-order valence-electron chi connectivity index (χ4n) is 3.15. The molecule has 3 atom stereocenters. The van der Waals surface area contributed by atoms with Gasteiger partial charge in [0.15, 0.2) is 0 Å². The standard InChI is InChI=1S/C23H18ClNO2S/c1-17-7-14-21(15-8-17)28(26,27)25-22(16-9-18-5-3-2-4-6-18)23(25)19-10-12-20(24)13-11-19/h2-8,10-15,22-23H,1H3/t22-,23+,25?/m1/s1. The molecule has 1 aliphatic rings. The van der Waals surface area contributed by atoms with Crippen molar-refractivity contribution in [1.29, 1.82) is 0 Å². The third kappa shape index (κ3) is 3.70. The number of halogens is 1. The highest BCUT2D eigenvalue weighted by molar-refractivity contribution is 7.89. The Bertz CT molecular complexity index is 1150. The predicted molar refractivity (Wildman–Crippen MR) is 112 cm³/mol. The van der Waals surface area contributed by atoms with Gasteiger partial charge in [-0.15, -0.1) is 0 Å². The highest BCUT2D eigenvalue weighted by Gasteiger charge is 2.55. The maximum absolute atomic E-state index is 13.2. The summed E-state index contributed by atoms with van der Waals surface area (Å²) in [6, 6.07) is 23.0. The van der Waals surface area contributed by atoms with E-state index in [2.05, 4.69) is 11.8 Å². The molecule has 0 N–H and O–H groups in total. The van der Waals surface area contributed by atoms with Gasteiger partial charge in [0.1, 0.15) is 6.04 Å². The zero-order valence-electron chi connectivity index (χ0n) is 15.2. The zero-order valence-corrected chi connectivity index (χ0v) is 16.8. The van der Waals surface area contributed by atoms with Crippen LogP contribution in [-0.2, 0) is 10.0 Å². The van der Waals surface area contributed by atoms with Crippen molar-refractivity contribution in [3.05, 3.63) is 101 Å². The van der Waals surface area contributed by atoms with E-state index in [0.29, 0.717) is 5.02 Å². The average Bonchev–Trinajstić information content (AvgIpc) is 3.43. The molecular formula is C23H18ClNO2S. The first-order valence-electron chi connectivity index (χ1n) is 8.89. The first kappa shape index (κ1) is 18.8. The second-order valence-corrected chi connectivity index (χ2v) is 9.00. The second kappa shape index (κ2) is 7.44. The number of rotatable bonds is 3. The smallest absolute Gasteiger partial charge is 0.207 e. The van der Waals surface area contributed by atoms with Crippen molar-refractivity contribution in [2.24, 2.45) is 0 Å². The number of sulfonamides is 1. The molecule has 0 bridgehead atoms. The van der Waals surface area contributed by atoms with Crippen LogP contribution in [0, 0.1) is 18.8 Å². The molecule has 1 heterocycles. The van der Waals surface area contributed by atoms with Crippen LogP contribution in [0.5, 0.6) is 0 Å². The minimum atomic E-state index is -3.65. The Labute approximate surface area is 170 Å². The number of hydrogen-bond donors (Lipinski definition) is 0. The third-order valence-corrected chi connectivity index (χ3v) is 6.83. The molecule has 28 heavy (non-hydrogen) atoms. The predicted octanol–water partition coefficient (Wildman–Crippen LogP) is 4.81. The van der Waals surface area contributed by atoms with Gasteiger partial charge in [-0.2, -0.15) is 4.31 Å². The Morgan fingerprint density at radius 3 is 2.18 bits per heavy atom. The lowest BCUT2D eigenvalue weighted by atomic mass is 10.1. The van der Waals surface area contributed by atoms with Gasteiger partial charge >= 0.3 is 0 Å². The number of aryl methyl sites for hydroxylation is 1. The van der Waals surface area contributed by atoms with Gasteiger partial charge in [0.25, 0.3) is 0 Å². The lowest BCUT2D eigenvalue weighted by molar-refractivity contribution is 0.551. The molecule has 0 radical (unpaired) electrons. The molecule has 3 aromatic rings. The molecule has 0 aliphatic carbocycles. The van der Waals surface area contributed by atoms with Crippen LogP contribution in [0.4, 0.5) is 0 Å². The summed E-state index contributed by atoms with van der Waals surface area (Å²) >= 11 is 5.99. The van der Waals surface area contributed by atoms with Gasteiger partial charge in [-0.25, -0.2) is 8.42 Å². The fourth-order valence-corrected chi connectivity index (χ4v) is 4.95. The van der Waals surface area contributed by atoms with Crippen LogP contribution in [-0.4, -0.2) is 18.8 Å². The van der Waals surface area contributed by atoms with Gasteiger partial charge in [0.2, 0.25) is 10.0 Å². The highest BCUT2D eigenvalue weighted by atomic mass is 35.5. The molecule has 0 amide bonds. The van der Waals surface area contributed by atoms with Crippen molar-refractivity contribution in [2.75, 3.05) is 0 Å². The van der Waals surface area contributed by atoms with Gasteiger partial charge in [-0.05, 0) is 48.9 Å². The topological polar surface area (TPSA) is 37.1 Å². The maximum atomic E-state index is 13.2. The lowest BCUT2D eigenvalue weighted by Crippen LogP contribution is -2.14. The molecule has 0 spiro atoms. The quantitative estimate of drug-likeness (QED) is 0.461. The van der Waals surface area contributed by atoms with Crippen molar-refractivity contribution < 1.29 is 8.42 Å². The van der Waals surface area contributed by atoms with E-state index < -0.39 is 16.1 Å². The van der Waals surface area contributed by atoms with Gasteiger partial charge in [0.05, 0.1) is 10.9 Å². The number of benzene rings is 3. The summed E-state index contributed by atoms with van der Waals surface area (Å²) in [5, 5.41) is 0.615. The minimum Gasteiger partial charge on any atom is -0.207 e. The Morgan fingerprint density at radius 1 is 0.893 bits per heavy atom. The molecule has 4 rings (SSSR count). The molecule has 1 saturated heterocycles. The van der Waals surface area contributed by atoms with E-state index in [1.807, 2.05) is 49.4 Å². The molecule has 5 heteroatoms. The van der Waals surface area contributed by atoms with E-state index in [4.69, 9.17) is 11.6 Å². The van der Waals surface area contributed by atoms with E-state index in [-0.39, 0.29) is 10.9 Å². The normalized spacial score (nSPS) is 20.9. The zero-order chi connectivity index (χ0) is 19.7. The SMILES string of the molecule is Cc1ccc(S(=O)(=O)N2[C@H](C#Cc3ccccc3)[C@@H]2c2ccc(Cl)cc2)cc1. The maximum Gasteiger partial charge on any atom is 0.244 e. The Morgan fingerprint density at radius 2 is 1.54 bits per heavy atom. The van der Waals surface area contributed by atoms with E-state index >= 15 is 0 Å². The fraction of sp³-hybridized carbons (Fsp3) is 0.130. The van der Waals surface area contributed by atoms with E-state index in [0.717, 1.165) is 16.7 Å². The van der Waals surface area contributed by atoms with E-state index in [1.165, 1.54) is 4.31 Å². The first-order chi connectivity index (χ1) is 13.5. The second-order valence-electron chi connectivity index (χ2n) is 6.72. The van der Waals surface area contributed by atoms with Crippen LogP contribution in [0.3, 0.4) is 0 Å². The van der Waals surface area contributed by atoms with Crippen molar-refractivity contribution in [1.82, 2.24) is 4.31 Å². The molecular weight excluding hydrogens is 390 g/mol. The van der Waals surface area contributed by atoms with Gasteiger partial charge < -0.3 is 0 Å². The van der Waals surface area contributed by atoms with Crippen molar-refractivity contribution in [3.8, 4) is 11.8 Å². The van der Waals surface area contributed by atoms with Gasteiger partial charge in [-0.1, -0.05) is 71.5 Å². The van der Waals surface area contributed by atoms with Crippen LogP contribution >= 0.6 is 11.6 Å². The molecule has 3 aromatic carbocycles. The summed E-state index contributed by atoms with van der Waals surface area (Å²) in [6.45, 7) is 1.93. The first-order valence-corrected chi connectivity index (χ1v) is 10.7. The Hall–Kier alpha value is -2.58. The molecule has 1 fully saturated rings. The monoisotopic (exact) mass is 407 g/mol. The summed E-state index contributed by atoms with van der Waals surface area (Å²) in [5.41, 5.74) is 2.75. The number of nitrogens with zero attached hydrogens (tertiary/aromatic N) is 1. The number of hydrogen-bond acceptors (Lipinski definition) is 2. The van der Waals surface area contributed by atoms with Crippen molar-refractivity contribution >= 4 is 21.6 Å². The van der Waals surface area contributed by atoms with E-state index in [9.17, 15) is 8.42 Å². The summed E-state index contributed by atoms with van der Waals surface area (Å²) in [4.78, 5) is 0.279. The molecule has 0 saturated carbocycles. The Kier molecular flexibility index (Phi) is 4.99. The van der Waals surface area contributed by atoms with Gasteiger partial charge in [0, 0.05) is 10.6 Å². The molecule has 1 unspecified atom stereocenters. The van der Waals surface area contributed by atoms with Crippen molar-refractivity contribution in [3.63, 3.8) is 0 Å². The molecule has 0 aromatic heterocycles. The van der Waals surface area contributed by atoms with Gasteiger partial charge in [-0.3, -0.25) is 0 Å². The van der Waals surface area contributed by atoms with Crippen LogP contribution < -0.4 is 0 Å². The summed E-state index contributed by atoms with van der Waals surface area (Å²) in [6.07, 6.45) is 0. The van der Waals surface area contributed by atoms with Crippen LogP contribution in [0.25, 0.3) is 0 Å². The molecule has 140 valence electrons. The van der Waals surface area contributed by atoms with E-state index in [1.54, 1.807) is 36.4 Å². The minimum absolute atomic E-state index is 0.279. The summed E-state index contributed by atoms with van der Waals surface area (Å²) < 4.78 is 27.9. The van der Waals surface area contributed by atoms with Crippen LogP contribution in [0.15, 0.2) is 83.8 Å². The van der Waals surface area contributed by atoms with Crippen LogP contribution in [0.1, 0.15) is 22.7 Å². The average molecular weight is 408 g/mol. The third-order valence-electron chi connectivity index (χ3n) is 4.70. The molecule has 1 aliphatic heterocycles. The van der Waals surface area contributed by atoms with Crippen molar-refractivity contribution in [2.45, 2.75) is 23.9 Å². The summed E-state index contributed by atoms with van der Waals surface area (Å²) in [5.74, 6) is 6.24. The highest BCUT2D eigenvalue weighted by Crippen LogP contribution is 2.47. The largest absolute Gasteiger partial charge is 0.244 e. The lowest BCUT2D eigenvalue weighted by Gasteiger charge is -2.07. The van der Waals surface area contributed by atoms with Crippen LogP contribution in [0.2, 0.25) is 5.02 Å². The summed E-state index contributed by atoms with van der Waals surface area (Å²) in [7, 11) is -3.65.